The summed E-state index contributed by atoms with van der Waals surface area (Å²) in [4.78, 5) is 0. The lowest BCUT2D eigenvalue weighted by Gasteiger charge is -2.04. The molecule has 0 amide bonds. The second kappa shape index (κ2) is 5.41. The molecule has 0 heterocycles. The van der Waals surface area contributed by atoms with Crippen molar-refractivity contribution in [2.24, 2.45) is 0 Å². The Bertz CT molecular complexity index is 405. The molecule has 0 atom stereocenters. The molecule has 0 unspecified atom stereocenters. The van der Waals surface area contributed by atoms with Crippen LogP contribution >= 0.6 is 0 Å². The van der Waals surface area contributed by atoms with Gasteiger partial charge in [0.25, 0.3) is 0 Å². The molecule has 0 aliphatic carbocycles. The van der Waals surface area contributed by atoms with Crippen LogP contribution in [0.5, 0.6) is 0 Å². The molecule has 0 aliphatic heterocycles. The minimum Gasteiger partial charge on any atom is -0.0985 e. The van der Waals surface area contributed by atoms with Crippen LogP contribution in [0.4, 0.5) is 0 Å². The average molecular weight is 198 g/mol. The Balaban J connectivity index is 3.07. The van der Waals surface area contributed by atoms with Gasteiger partial charge in [-0.3, -0.25) is 0 Å². The highest BCUT2D eigenvalue weighted by molar-refractivity contribution is 5.63. The smallest absolute Gasteiger partial charge is 0.00638 e. The first-order chi connectivity index (χ1) is 7.15. The van der Waals surface area contributed by atoms with Crippen LogP contribution in [0.1, 0.15) is 37.0 Å². The Morgan fingerprint density at radius 1 is 1.27 bits per heavy atom. The second-order valence-electron chi connectivity index (χ2n) is 3.79. The van der Waals surface area contributed by atoms with E-state index in [0.717, 1.165) is 12.0 Å². The molecule has 0 aliphatic rings. The van der Waals surface area contributed by atoms with Crippen molar-refractivity contribution in [2.45, 2.75) is 34.1 Å². The lowest BCUT2D eigenvalue weighted by molar-refractivity contribution is 1.28. The lowest BCUT2D eigenvalue weighted by Crippen LogP contribution is -1.86. The second-order valence-corrected chi connectivity index (χ2v) is 3.79. The molecule has 0 fully saturated rings. The van der Waals surface area contributed by atoms with Gasteiger partial charge in [-0.25, -0.2) is 0 Å². The van der Waals surface area contributed by atoms with Crippen LogP contribution in [0.2, 0.25) is 0 Å². The number of rotatable bonds is 1. The van der Waals surface area contributed by atoms with Gasteiger partial charge in [-0.05, 0) is 49.1 Å². The van der Waals surface area contributed by atoms with E-state index in [1.807, 2.05) is 0 Å². The molecule has 0 nitrogen and oxygen atoms in total. The van der Waals surface area contributed by atoms with E-state index in [0.29, 0.717) is 0 Å². The molecular weight excluding hydrogens is 180 g/mol. The molecule has 0 spiro atoms. The summed E-state index contributed by atoms with van der Waals surface area (Å²) < 4.78 is 0. The van der Waals surface area contributed by atoms with Crippen LogP contribution in [-0.2, 0) is 0 Å². The van der Waals surface area contributed by atoms with Gasteiger partial charge in [0, 0.05) is 6.42 Å². The van der Waals surface area contributed by atoms with Gasteiger partial charge >= 0.3 is 0 Å². The first-order valence-electron chi connectivity index (χ1n) is 5.38. The molecule has 0 saturated heterocycles. The fraction of sp³-hybridized carbons (Fsp3) is 0.333. The molecule has 1 aromatic carbocycles. The summed E-state index contributed by atoms with van der Waals surface area (Å²) in [5, 5.41) is 0. The Labute approximate surface area is 93.0 Å². The predicted octanol–water partition coefficient (Wildman–Crippen LogP) is 4.12. The third kappa shape index (κ3) is 3.29. The number of hydrogen-bond donors (Lipinski definition) is 0. The third-order valence-electron chi connectivity index (χ3n) is 2.37. The van der Waals surface area contributed by atoms with Crippen molar-refractivity contribution in [3.05, 3.63) is 40.5 Å². The van der Waals surface area contributed by atoms with Crippen molar-refractivity contribution >= 4 is 6.08 Å². The average Bonchev–Trinajstić information content (AvgIpc) is 2.21. The zero-order valence-corrected chi connectivity index (χ0v) is 10.0. The highest BCUT2D eigenvalue weighted by Gasteiger charge is 1.97. The quantitative estimate of drug-likeness (QED) is 0.595. The summed E-state index contributed by atoms with van der Waals surface area (Å²) in [5.74, 6) is 6.24. The van der Waals surface area contributed by atoms with Crippen molar-refractivity contribution in [1.82, 2.24) is 0 Å². The van der Waals surface area contributed by atoms with Gasteiger partial charge in [-0.1, -0.05) is 37.0 Å². The van der Waals surface area contributed by atoms with Gasteiger partial charge in [0.1, 0.15) is 0 Å². The Kier molecular flexibility index (Phi) is 4.18. The predicted molar refractivity (Wildman–Crippen MR) is 67.6 cm³/mol. The molecule has 0 bridgehead atoms. The van der Waals surface area contributed by atoms with Gasteiger partial charge in [-0.15, -0.1) is 0 Å². The Hall–Kier alpha value is -1.48. The standard InChI is InChI=1S/C15H18/c1-5-6-8-12(2)11-15-13(3)9-7-10-14(15)4/h7,9-11H,5H2,1-4H3/b12-11+. The molecule has 0 aromatic heterocycles. The summed E-state index contributed by atoms with van der Waals surface area (Å²) >= 11 is 0. The van der Waals surface area contributed by atoms with Crippen molar-refractivity contribution in [2.75, 3.05) is 0 Å². The van der Waals surface area contributed by atoms with Gasteiger partial charge in [0.05, 0.1) is 0 Å². The minimum atomic E-state index is 0.915. The molecule has 1 rings (SSSR count). The van der Waals surface area contributed by atoms with E-state index in [4.69, 9.17) is 0 Å². The monoisotopic (exact) mass is 198 g/mol. The normalized spacial score (nSPS) is 10.8. The SMILES string of the molecule is CCC#C/C(C)=C/c1c(C)cccc1C. The molecule has 1 aromatic rings. The molecule has 0 N–H and O–H groups in total. The van der Waals surface area contributed by atoms with Crippen molar-refractivity contribution in [3.8, 4) is 11.8 Å². The van der Waals surface area contributed by atoms with Crippen LogP contribution in [0.3, 0.4) is 0 Å². The number of allylic oxidation sites excluding steroid dienone is 1. The van der Waals surface area contributed by atoms with Crippen LogP contribution in [-0.4, -0.2) is 0 Å². The Morgan fingerprint density at radius 3 is 2.40 bits per heavy atom. The molecule has 15 heavy (non-hydrogen) atoms. The van der Waals surface area contributed by atoms with E-state index in [1.54, 1.807) is 0 Å². The third-order valence-corrected chi connectivity index (χ3v) is 2.37. The van der Waals surface area contributed by atoms with E-state index < -0.39 is 0 Å². The minimum absolute atomic E-state index is 0.915. The maximum Gasteiger partial charge on any atom is 0.00638 e. The summed E-state index contributed by atoms with van der Waals surface area (Å²) in [5.41, 5.74) is 5.06. The van der Waals surface area contributed by atoms with E-state index in [1.165, 1.54) is 16.7 Å². The topological polar surface area (TPSA) is 0 Å². The van der Waals surface area contributed by atoms with Gasteiger partial charge in [-0.2, -0.15) is 0 Å². The van der Waals surface area contributed by atoms with Crippen LogP contribution in [0.25, 0.3) is 6.08 Å². The van der Waals surface area contributed by atoms with E-state index >= 15 is 0 Å². The van der Waals surface area contributed by atoms with Gasteiger partial charge in [0.15, 0.2) is 0 Å². The Morgan fingerprint density at radius 2 is 1.87 bits per heavy atom. The zero-order valence-electron chi connectivity index (χ0n) is 10.0. The number of benzene rings is 1. The van der Waals surface area contributed by atoms with Gasteiger partial charge < -0.3 is 0 Å². The van der Waals surface area contributed by atoms with Crippen LogP contribution < -0.4 is 0 Å². The maximum absolute atomic E-state index is 3.15. The molecule has 0 heteroatoms. The number of aryl methyl sites for hydroxylation is 2. The van der Waals surface area contributed by atoms with E-state index in [2.05, 4.69) is 63.8 Å². The first kappa shape index (κ1) is 11.6. The molecule has 0 saturated carbocycles. The van der Waals surface area contributed by atoms with Crippen molar-refractivity contribution in [3.63, 3.8) is 0 Å². The molecular formula is C15H18. The molecule has 0 radical (unpaired) electrons. The van der Waals surface area contributed by atoms with Crippen LogP contribution in [0, 0.1) is 25.7 Å². The summed E-state index contributed by atoms with van der Waals surface area (Å²) in [6, 6.07) is 6.37. The summed E-state index contributed by atoms with van der Waals surface area (Å²) in [7, 11) is 0. The van der Waals surface area contributed by atoms with Gasteiger partial charge in [0.2, 0.25) is 0 Å². The van der Waals surface area contributed by atoms with Crippen molar-refractivity contribution in [1.29, 1.82) is 0 Å². The van der Waals surface area contributed by atoms with Crippen LogP contribution in [0.15, 0.2) is 23.8 Å². The highest BCUT2D eigenvalue weighted by Crippen LogP contribution is 2.16. The largest absolute Gasteiger partial charge is 0.0985 e. The number of hydrogen-bond acceptors (Lipinski definition) is 0. The summed E-state index contributed by atoms with van der Waals surface area (Å²) in [6.45, 7) is 8.41. The fourth-order valence-corrected chi connectivity index (χ4v) is 1.54. The molecule has 78 valence electrons. The highest BCUT2D eigenvalue weighted by atomic mass is 14.0. The summed E-state index contributed by atoms with van der Waals surface area (Å²) in [6.07, 6.45) is 3.09. The zero-order chi connectivity index (χ0) is 11.3. The van der Waals surface area contributed by atoms with Crippen molar-refractivity contribution < 1.29 is 0 Å². The van der Waals surface area contributed by atoms with E-state index in [9.17, 15) is 0 Å². The first-order valence-corrected chi connectivity index (χ1v) is 5.38. The lowest BCUT2D eigenvalue weighted by atomic mass is 10.0. The fourth-order valence-electron chi connectivity index (χ4n) is 1.54. The van der Waals surface area contributed by atoms with E-state index in [-0.39, 0.29) is 0 Å². The maximum atomic E-state index is 3.15.